The second-order valence-corrected chi connectivity index (χ2v) is 5.24. The van der Waals surface area contributed by atoms with E-state index in [9.17, 15) is 13.2 Å². The molecule has 0 aliphatic carbocycles. The fraction of sp³-hybridized carbons (Fsp3) is 0.125. The van der Waals surface area contributed by atoms with Gasteiger partial charge in [0.2, 0.25) is 0 Å². The van der Waals surface area contributed by atoms with Crippen molar-refractivity contribution < 1.29 is 17.9 Å². The molecule has 0 unspecified atom stereocenters. The monoisotopic (exact) mass is 351 g/mol. The van der Waals surface area contributed by atoms with E-state index in [1.54, 1.807) is 36.7 Å². The third-order valence-corrected chi connectivity index (χ3v) is 3.46. The molecular weight excluding hydrogens is 339 g/mol. The van der Waals surface area contributed by atoms with Gasteiger partial charge in [-0.15, -0.1) is 13.2 Å². The number of para-hydroxylation sites is 1. The van der Waals surface area contributed by atoms with Gasteiger partial charge in [-0.25, -0.2) is 4.99 Å². The van der Waals surface area contributed by atoms with Crippen molar-refractivity contribution in [2.75, 3.05) is 6.26 Å². The molecule has 4 nitrogen and oxygen atoms in total. The van der Waals surface area contributed by atoms with Crippen LogP contribution in [0, 0.1) is 11.5 Å². The van der Waals surface area contributed by atoms with Crippen LogP contribution < -0.4 is 10.1 Å². The summed E-state index contributed by atoms with van der Waals surface area (Å²) in [4.78, 5) is 4.36. The molecule has 2 rings (SSSR count). The quantitative estimate of drug-likeness (QED) is 0.378. The molecule has 0 saturated heterocycles. The molecule has 0 fully saturated rings. The molecule has 0 aliphatic heterocycles. The lowest BCUT2D eigenvalue weighted by Gasteiger charge is -2.10. The Bertz CT molecular complexity index is 767. The van der Waals surface area contributed by atoms with Gasteiger partial charge in [0, 0.05) is 5.56 Å². The van der Waals surface area contributed by atoms with Crippen LogP contribution >= 0.6 is 11.8 Å². The lowest BCUT2D eigenvalue weighted by Crippen LogP contribution is -2.16. The maximum Gasteiger partial charge on any atom is 0.573 e. The maximum absolute atomic E-state index is 12.2. The summed E-state index contributed by atoms with van der Waals surface area (Å²) in [5.74, 6) is -0.289. The van der Waals surface area contributed by atoms with E-state index in [0.29, 0.717) is 16.4 Å². The lowest BCUT2D eigenvalue weighted by atomic mass is 10.0. The number of ether oxygens (including phenoxy) is 1. The molecule has 0 heterocycles. The van der Waals surface area contributed by atoms with E-state index in [1.807, 2.05) is 0 Å². The standard InChI is InChI=1S/C16H12F3N3OS/c1-24-15(21-10-20)22-14-5-3-2-4-13(14)11-6-8-12(9-7-11)23-16(17,18)19/h2-9H,1H3,(H,21,22). The van der Waals surface area contributed by atoms with Crippen molar-refractivity contribution >= 4 is 22.6 Å². The number of nitrogens with zero attached hydrogens (tertiary/aromatic N) is 2. The summed E-state index contributed by atoms with van der Waals surface area (Å²) >= 11 is 1.27. The van der Waals surface area contributed by atoms with Crippen LogP contribution in [-0.4, -0.2) is 17.8 Å². The largest absolute Gasteiger partial charge is 0.573 e. The highest BCUT2D eigenvalue weighted by molar-refractivity contribution is 8.13. The molecule has 0 aromatic heterocycles. The van der Waals surface area contributed by atoms with Crippen molar-refractivity contribution in [1.29, 1.82) is 5.26 Å². The molecule has 124 valence electrons. The molecule has 2 aromatic rings. The van der Waals surface area contributed by atoms with Crippen LogP contribution in [0.15, 0.2) is 53.5 Å². The van der Waals surface area contributed by atoms with Crippen molar-refractivity contribution in [2.45, 2.75) is 6.36 Å². The van der Waals surface area contributed by atoms with E-state index in [1.165, 1.54) is 36.0 Å². The number of alkyl halides is 3. The SMILES string of the molecule is CSC(=Nc1ccccc1-c1ccc(OC(F)(F)F)cc1)NC#N. The van der Waals surface area contributed by atoms with E-state index >= 15 is 0 Å². The molecule has 0 amide bonds. The highest BCUT2D eigenvalue weighted by Crippen LogP contribution is 2.32. The van der Waals surface area contributed by atoms with Crippen molar-refractivity contribution in [2.24, 2.45) is 4.99 Å². The van der Waals surface area contributed by atoms with Gasteiger partial charge in [-0.3, -0.25) is 5.32 Å². The Kier molecular flexibility index (Phi) is 5.71. The van der Waals surface area contributed by atoms with Gasteiger partial charge in [-0.05, 0) is 30.0 Å². The molecule has 0 spiro atoms. The van der Waals surface area contributed by atoms with Gasteiger partial charge in [0.1, 0.15) is 5.75 Å². The molecule has 0 radical (unpaired) electrons. The summed E-state index contributed by atoms with van der Waals surface area (Å²) in [6.07, 6.45) is -1.15. The summed E-state index contributed by atoms with van der Waals surface area (Å²) in [6.45, 7) is 0. The lowest BCUT2D eigenvalue weighted by molar-refractivity contribution is -0.274. The molecule has 0 saturated carbocycles. The van der Waals surface area contributed by atoms with Crippen LogP contribution in [0.3, 0.4) is 0 Å². The minimum atomic E-state index is -4.72. The Hall–Kier alpha value is -2.66. The van der Waals surface area contributed by atoms with Crippen LogP contribution in [-0.2, 0) is 0 Å². The molecule has 0 atom stereocenters. The first-order valence-electron chi connectivity index (χ1n) is 6.66. The van der Waals surface area contributed by atoms with Gasteiger partial charge in [0.15, 0.2) is 11.4 Å². The Morgan fingerprint density at radius 3 is 2.42 bits per heavy atom. The Morgan fingerprint density at radius 1 is 1.17 bits per heavy atom. The average Bonchev–Trinajstić information content (AvgIpc) is 2.54. The fourth-order valence-electron chi connectivity index (χ4n) is 1.93. The van der Waals surface area contributed by atoms with E-state index < -0.39 is 6.36 Å². The van der Waals surface area contributed by atoms with Crippen molar-refractivity contribution in [3.05, 3.63) is 48.5 Å². The van der Waals surface area contributed by atoms with Crippen molar-refractivity contribution in [1.82, 2.24) is 5.32 Å². The number of rotatable bonds is 3. The minimum Gasteiger partial charge on any atom is -0.406 e. The zero-order valence-electron chi connectivity index (χ0n) is 12.5. The number of aliphatic imine (C=N–C) groups is 1. The highest BCUT2D eigenvalue weighted by Gasteiger charge is 2.30. The van der Waals surface area contributed by atoms with Crippen molar-refractivity contribution in [3.63, 3.8) is 0 Å². The van der Waals surface area contributed by atoms with Crippen LogP contribution in [0.5, 0.6) is 5.75 Å². The van der Waals surface area contributed by atoms with Crippen molar-refractivity contribution in [3.8, 4) is 23.1 Å². The second kappa shape index (κ2) is 7.75. The van der Waals surface area contributed by atoms with Gasteiger partial charge in [0.25, 0.3) is 0 Å². The summed E-state index contributed by atoms with van der Waals surface area (Å²) in [5, 5.41) is 11.6. The maximum atomic E-state index is 12.2. The van der Waals surface area contributed by atoms with Crippen LogP contribution in [0.1, 0.15) is 0 Å². The van der Waals surface area contributed by atoms with Gasteiger partial charge in [-0.2, -0.15) is 5.26 Å². The smallest absolute Gasteiger partial charge is 0.406 e. The number of halogens is 3. The first-order valence-corrected chi connectivity index (χ1v) is 7.88. The highest BCUT2D eigenvalue weighted by atomic mass is 32.2. The second-order valence-electron chi connectivity index (χ2n) is 4.45. The average molecular weight is 351 g/mol. The molecule has 2 aromatic carbocycles. The Labute approximate surface area is 141 Å². The number of hydrogen-bond donors (Lipinski definition) is 1. The third-order valence-electron chi connectivity index (χ3n) is 2.88. The first-order chi connectivity index (χ1) is 11.4. The number of nitrogens with one attached hydrogen (secondary N) is 1. The summed E-state index contributed by atoms with van der Waals surface area (Å²) in [6, 6.07) is 12.7. The van der Waals surface area contributed by atoms with E-state index in [2.05, 4.69) is 15.0 Å². The molecule has 8 heteroatoms. The van der Waals surface area contributed by atoms with E-state index in [0.717, 1.165) is 5.56 Å². The topological polar surface area (TPSA) is 57.4 Å². The summed E-state index contributed by atoms with van der Waals surface area (Å²) in [7, 11) is 0. The Morgan fingerprint density at radius 2 is 1.83 bits per heavy atom. The van der Waals surface area contributed by atoms with Crippen LogP contribution in [0.25, 0.3) is 11.1 Å². The predicted octanol–water partition coefficient (Wildman–Crippen LogP) is 4.67. The number of amidine groups is 1. The molecule has 1 N–H and O–H groups in total. The Balaban J connectivity index is 2.35. The summed E-state index contributed by atoms with van der Waals surface area (Å²) < 4.78 is 40.5. The van der Waals surface area contributed by atoms with Gasteiger partial charge in [-0.1, -0.05) is 42.1 Å². The first kappa shape index (κ1) is 17.7. The van der Waals surface area contributed by atoms with E-state index in [4.69, 9.17) is 5.26 Å². The minimum absolute atomic E-state index is 0.289. The number of benzene rings is 2. The molecule has 0 aliphatic rings. The number of thioether (sulfide) groups is 1. The molecule has 24 heavy (non-hydrogen) atoms. The van der Waals surface area contributed by atoms with Gasteiger partial charge >= 0.3 is 6.36 Å². The zero-order valence-corrected chi connectivity index (χ0v) is 13.3. The van der Waals surface area contributed by atoms with Gasteiger partial charge < -0.3 is 4.74 Å². The van der Waals surface area contributed by atoms with Crippen LogP contribution in [0.2, 0.25) is 0 Å². The van der Waals surface area contributed by atoms with Crippen LogP contribution in [0.4, 0.5) is 18.9 Å². The zero-order chi connectivity index (χ0) is 17.6. The van der Waals surface area contributed by atoms with E-state index in [-0.39, 0.29) is 5.75 Å². The fourth-order valence-corrected chi connectivity index (χ4v) is 2.27. The predicted molar refractivity (Wildman–Crippen MR) is 87.9 cm³/mol. The number of hydrogen-bond acceptors (Lipinski definition) is 4. The van der Waals surface area contributed by atoms with Gasteiger partial charge in [0.05, 0.1) is 5.69 Å². The summed E-state index contributed by atoms with van der Waals surface area (Å²) in [5.41, 5.74) is 2.00. The molecule has 0 bridgehead atoms. The normalized spacial score (nSPS) is 11.7. The third kappa shape index (κ3) is 4.93. The number of nitriles is 1. The molecular formula is C16H12F3N3OS.